The zero-order valence-electron chi connectivity index (χ0n) is 12.1. The summed E-state index contributed by atoms with van der Waals surface area (Å²) in [6, 6.07) is 2.30. The Hall–Kier alpha value is -0.160. The van der Waals surface area contributed by atoms with Crippen molar-refractivity contribution in [1.82, 2.24) is 10.2 Å². The summed E-state index contributed by atoms with van der Waals surface area (Å²) in [6.45, 7) is 6.82. The van der Waals surface area contributed by atoms with Gasteiger partial charge < -0.3 is 14.8 Å². The van der Waals surface area contributed by atoms with E-state index < -0.39 is 0 Å². The van der Waals surface area contributed by atoms with Gasteiger partial charge in [0.2, 0.25) is 0 Å². The SMILES string of the molecule is CCCNC1CC2CCC(C1)N2CC1COCCO1. The van der Waals surface area contributed by atoms with Crippen molar-refractivity contribution in [1.29, 1.82) is 0 Å². The minimum absolute atomic E-state index is 0.303. The van der Waals surface area contributed by atoms with Crippen LogP contribution < -0.4 is 5.32 Å². The van der Waals surface area contributed by atoms with Gasteiger partial charge in [-0.15, -0.1) is 0 Å². The van der Waals surface area contributed by atoms with Crippen LogP contribution in [0.25, 0.3) is 0 Å². The molecule has 0 radical (unpaired) electrons. The van der Waals surface area contributed by atoms with E-state index in [1.165, 1.54) is 38.6 Å². The molecule has 0 aromatic carbocycles. The van der Waals surface area contributed by atoms with Crippen molar-refractivity contribution in [3.05, 3.63) is 0 Å². The van der Waals surface area contributed by atoms with Gasteiger partial charge in [0.25, 0.3) is 0 Å². The van der Waals surface area contributed by atoms with Crippen molar-refractivity contribution < 1.29 is 9.47 Å². The van der Waals surface area contributed by atoms with E-state index in [9.17, 15) is 0 Å². The van der Waals surface area contributed by atoms with Gasteiger partial charge in [-0.1, -0.05) is 6.92 Å². The number of hydrogen-bond donors (Lipinski definition) is 1. The van der Waals surface area contributed by atoms with Gasteiger partial charge in [-0.05, 0) is 38.6 Å². The summed E-state index contributed by atoms with van der Waals surface area (Å²) in [6.07, 6.45) is 6.94. The third-order valence-corrected chi connectivity index (χ3v) is 4.87. The Morgan fingerprint density at radius 1 is 1.16 bits per heavy atom. The Morgan fingerprint density at radius 2 is 1.95 bits per heavy atom. The standard InChI is InChI=1S/C15H28N2O2/c1-2-5-16-12-8-13-3-4-14(9-12)17(13)10-15-11-18-6-7-19-15/h12-16H,2-11H2,1H3. The van der Waals surface area contributed by atoms with Gasteiger partial charge in [0.1, 0.15) is 0 Å². The van der Waals surface area contributed by atoms with Crippen LogP contribution in [0.15, 0.2) is 0 Å². The van der Waals surface area contributed by atoms with Crippen LogP contribution in [0.5, 0.6) is 0 Å². The molecule has 4 nitrogen and oxygen atoms in total. The average Bonchev–Trinajstić information content (AvgIpc) is 2.69. The highest BCUT2D eigenvalue weighted by Gasteiger charge is 2.41. The molecule has 0 aliphatic carbocycles. The molecule has 110 valence electrons. The molecule has 3 aliphatic heterocycles. The molecular formula is C15H28N2O2. The molecule has 3 heterocycles. The summed E-state index contributed by atoms with van der Waals surface area (Å²) in [5.74, 6) is 0. The number of nitrogens with one attached hydrogen (secondary N) is 1. The Morgan fingerprint density at radius 3 is 2.58 bits per heavy atom. The Labute approximate surface area is 116 Å². The third-order valence-electron chi connectivity index (χ3n) is 4.87. The van der Waals surface area contributed by atoms with Gasteiger partial charge >= 0.3 is 0 Å². The highest BCUT2D eigenvalue weighted by molar-refractivity contribution is 4.98. The molecule has 3 saturated heterocycles. The Bertz CT molecular complexity index is 267. The first-order valence-electron chi connectivity index (χ1n) is 8.05. The van der Waals surface area contributed by atoms with Crippen LogP contribution in [0.2, 0.25) is 0 Å². The van der Waals surface area contributed by atoms with Crippen molar-refractivity contribution in [2.45, 2.75) is 63.3 Å². The second-order valence-electron chi connectivity index (χ2n) is 6.27. The van der Waals surface area contributed by atoms with Gasteiger partial charge in [-0.2, -0.15) is 0 Å². The van der Waals surface area contributed by atoms with Crippen molar-refractivity contribution in [2.24, 2.45) is 0 Å². The summed E-state index contributed by atoms with van der Waals surface area (Å²) < 4.78 is 11.3. The van der Waals surface area contributed by atoms with Crippen LogP contribution in [-0.4, -0.2) is 62.0 Å². The first kappa shape index (κ1) is 13.8. The second kappa shape index (κ2) is 6.53. The molecule has 0 saturated carbocycles. The van der Waals surface area contributed by atoms with Crippen LogP contribution >= 0.6 is 0 Å². The molecule has 3 aliphatic rings. The second-order valence-corrected chi connectivity index (χ2v) is 6.27. The van der Waals surface area contributed by atoms with E-state index in [4.69, 9.17) is 9.47 Å². The van der Waals surface area contributed by atoms with Crippen LogP contribution in [0.1, 0.15) is 39.0 Å². The minimum Gasteiger partial charge on any atom is -0.376 e. The molecule has 3 unspecified atom stereocenters. The Kier molecular flexibility index (Phi) is 4.74. The maximum absolute atomic E-state index is 5.81. The molecule has 3 rings (SSSR count). The highest BCUT2D eigenvalue weighted by Crippen LogP contribution is 2.36. The smallest absolute Gasteiger partial charge is 0.0936 e. The normalized spacial score (nSPS) is 39.6. The molecule has 0 aromatic heterocycles. The molecule has 3 fully saturated rings. The van der Waals surface area contributed by atoms with Crippen molar-refractivity contribution >= 4 is 0 Å². The number of nitrogens with zero attached hydrogens (tertiary/aromatic N) is 1. The molecule has 4 heteroatoms. The first-order chi connectivity index (χ1) is 9.36. The van der Waals surface area contributed by atoms with Crippen LogP contribution in [0.4, 0.5) is 0 Å². The predicted molar refractivity (Wildman–Crippen MR) is 75.4 cm³/mol. The topological polar surface area (TPSA) is 33.7 Å². The zero-order valence-corrected chi connectivity index (χ0v) is 12.1. The van der Waals surface area contributed by atoms with E-state index in [2.05, 4.69) is 17.1 Å². The molecule has 1 N–H and O–H groups in total. The van der Waals surface area contributed by atoms with E-state index in [0.29, 0.717) is 6.10 Å². The zero-order chi connectivity index (χ0) is 13.1. The Balaban J connectivity index is 1.51. The first-order valence-corrected chi connectivity index (χ1v) is 8.05. The van der Waals surface area contributed by atoms with E-state index in [0.717, 1.165) is 44.5 Å². The lowest BCUT2D eigenvalue weighted by atomic mass is 9.96. The fourth-order valence-corrected chi connectivity index (χ4v) is 3.96. The van der Waals surface area contributed by atoms with E-state index >= 15 is 0 Å². The largest absolute Gasteiger partial charge is 0.376 e. The maximum atomic E-state index is 5.81. The lowest BCUT2D eigenvalue weighted by molar-refractivity contribution is -0.104. The molecule has 0 amide bonds. The minimum atomic E-state index is 0.303. The van der Waals surface area contributed by atoms with Crippen molar-refractivity contribution in [3.8, 4) is 0 Å². The number of fused-ring (bicyclic) bond motifs is 2. The number of ether oxygens (including phenoxy) is 2. The monoisotopic (exact) mass is 268 g/mol. The lowest BCUT2D eigenvalue weighted by Gasteiger charge is -2.41. The predicted octanol–water partition coefficient (Wildman–Crippen LogP) is 1.40. The number of rotatable bonds is 5. The number of hydrogen-bond acceptors (Lipinski definition) is 4. The van der Waals surface area contributed by atoms with Crippen LogP contribution in [0.3, 0.4) is 0 Å². The van der Waals surface area contributed by atoms with Gasteiger partial charge in [-0.3, -0.25) is 4.90 Å². The summed E-state index contributed by atoms with van der Waals surface area (Å²) in [4.78, 5) is 2.71. The van der Waals surface area contributed by atoms with Crippen LogP contribution in [0, 0.1) is 0 Å². The fourth-order valence-electron chi connectivity index (χ4n) is 3.96. The molecule has 0 aromatic rings. The molecule has 3 atom stereocenters. The maximum Gasteiger partial charge on any atom is 0.0936 e. The summed E-state index contributed by atoms with van der Waals surface area (Å²) in [5, 5.41) is 3.71. The summed E-state index contributed by atoms with van der Waals surface area (Å²) in [5.41, 5.74) is 0. The summed E-state index contributed by atoms with van der Waals surface area (Å²) >= 11 is 0. The van der Waals surface area contributed by atoms with Crippen LogP contribution in [-0.2, 0) is 9.47 Å². The lowest BCUT2D eigenvalue weighted by Crippen LogP contribution is -2.52. The fraction of sp³-hybridized carbons (Fsp3) is 1.00. The molecule has 2 bridgehead atoms. The molecular weight excluding hydrogens is 240 g/mol. The average molecular weight is 268 g/mol. The quantitative estimate of drug-likeness (QED) is 0.817. The van der Waals surface area contributed by atoms with E-state index in [-0.39, 0.29) is 0 Å². The molecule has 19 heavy (non-hydrogen) atoms. The molecule has 0 spiro atoms. The third kappa shape index (κ3) is 3.30. The van der Waals surface area contributed by atoms with Crippen molar-refractivity contribution in [2.75, 3.05) is 32.9 Å². The van der Waals surface area contributed by atoms with Gasteiger partial charge in [0, 0.05) is 24.7 Å². The van der Waals surface area contributed by atoms with Gasteiger partial charge in [-0.25, -0.2) is 0 Å². The van der Waals surface area contributed by atoms with E-state index in [1.807, 2.05) is 0 Å². The van der Waals surface area contributed by atoms with E-state index in [1.54, 1.807) is 0 Å². The van der Waals surface area contributed by atoms with Gasteiger partial charge in [0.05, 0.1) is 25.9 Å². The summed E-state index contributed by atoms with van der Waals surface area (Å²) in [7, 11) is 0. The number of piperidine rings is 1. The van der Waals surface area contributed by atoms with Gasteiger partial charge in [0.15, 0.2) is 0 Å². The highest BCUT2D eigenvalue weighted by atomic mass is 16.6. The van der Waals surface area contributed by atoms with Crippen molar-refractivity contribution in [3.63, 3.8) is 0 Å².